The van der Waals surface area contributed by atoms with E-state index in [0.29, 0.717) is 0 Å². The molecule has 0 saturated carbocycles. The topological polar surface area (TPSA) is 112 Å². The molecule has 0 atom stereocenters. The largest absolute Gasteiger partial charge is 0.478 e. The molecule has 6 nitrogen and oxygen atoms in total. The Labute approximate surface area is 251 Å². The van der Waals surface area contributed by atoms with Crippen LogP contribution in [0.4, 0.5) is 65.9 Å². The molecule has 4 aromatic rings. The summed E-state index contributed by atoms with van der Waals surface area (Å²) in [4.78, 5) is 37.4. The average Bonchev–Trinajstić information content (AvgIpc) is 3.02. The van der Waals surface area contributed by atoms with Crippen LogP contribution >= 0.6 is 0 Å². The Morgan fingerprint density at radius 1 is 0.250 bits per heavy atom. The second kappa shape index (κ2) is 11.8. The van der Waals surface area contributed by atoms with Crippen LogP contribution in [0.5, 0.6) is 0 Å². The van der Waals surface area contributed by atoms with Gasteiger partial charge in [-0.25, -0.2) is 80.2 Å². The molecular formula is C27H3F15O6. The lowest BCUT2D eigenvalue weighted by atomic mass is 9.78. The van der Waals surface area contributed by atoms with Crippen LogP contribution in [-0.2, 0) is 0 Å². The van der Waals surface area contributed by atoms with Crippen molar-refractivity contribution >= 4 is 17.9 Å². The summed E-state index contributed by atoms with van der Waals surface area (Å²) in [7, 11) is 0. The lowest BCUT2D eigenvalue weighted by Gasteiger charge is -2.24. The number of aromatic carboxylic acids is 3. The van der Waals surface area contributed by atoms with Crippen molar-refractivity contribution in [2.24, 2.45) is 0 Å². The van der Waals surface area contributed by atoms with Gasteiger partial charge in [-0.1, -0.05) is 0 Å². The van der Waals surface area contributed by atoms with E-state index in [9.17, 15) is 69.2 Å². The molecule has 0 spiro atoms. The SMILES string of the molecule is O=C(O)c1c(-c2c(F)c(F)c(F)c(F)c2F)c(C(=O)O)c(-c2c(F)c(F)c(F)c(F)c2F)c(C(=O)O)c1-c1c(F)c(F)c(F)c(F)c1F. The number of hydrogen-bond donors (Lipinski definition) is 3. The van der Waals surface area contributed by atoms with Crippen molar-refractivity contribution in [1.82, 2.24) is 0 Å². The highest BCUT2D eigenvalue weighted by Crippen LogP contribution is 2.50. The first-order valence-corrected chi connectivity index (χ1v) is 11.6. The van der Waals surface area contributed by atoms with Gasteiger partial charge in [0.25, 0.3) is 0 Å². The van der Waals surface area contributed by atoms with E-state index < -0.39 is 155 Å². The zero-order chi connectivity index (χ0) is 36.6. The second-order valence-corrected chi connectivity index (χ2v) is 9.00. The van der Waals surface area contributed by atoms with Crippen LogP contribution in [0.15, 0.2) is 0 Å². The van der Waals surface area contributed by atoms with Crippen LogP contribution in [0.3, 0.4) is 0 Å². The fraction of sp³-hybridized carbons (Fsp3) is 0. The standard InChI is InChI=1S/C27H3F15O6/c28-10-7(11(29)17(35)22(40)16(10)34)1-4(25(43)44)2(8-12(30)18(36)23(41)19(37)13(8)31)6(27(47)48)3(5(1)26(45)46)9-14(32)20(38)24(42)21(39)15(9)33/h(H,43,44)(H,45,46)(H,47,48). The van der Waals surface area contributed by atoms with Crippen LogP contribution in [0.1, 0.15) is 31.1 Å². The monoisotopic (exact) mass is 708 g/mol. The van der Waals surface area contributed by atoms with E-state index >= 15 is 26.3 Å². The van der Waals surface area contributed by atoms with Crippen molar-refractivity contribution in [1.29, 1.82) is 0 Å². The number of benzene rings is 4. The minimum Gasteiger partial charge on any atom is -0.478 e. The lowest BCUT2D eigenvalue weighted by molar-refractivity contribution is 0.0696. The number of carbonyl (C=O) groups is 3. The van der Waals surface area contributed by atoms with Gasteiger partial charge in [-0.15, -0.1) is 0 Å². The average molecular weight is 708 g/mol. The zero-order valence-corrected chi connectivity index (χ0v) is 21.7. The molecule has 252 valence electrons. The highest BCUT2D eigenvalue weighted by molar-refractivity contribution is 6.20. The first kappa shape index (κ1) is 35.1. The first-order chi connectivity index (χ1) is 22.1. The fourth-order valence-electron chi connectivity index (χ4n) is 4.61. The van der Waals surface area contributed by atoms with Crippen LogP contribution in [-0.4, -0.2) is 33.2 Å². The molecule has 48 heavy (non-hydrogen) atoms. The van der Waals surface area contributed by atoms with Crippen molar-refractivity contribution in [3.8, 4) is 33.4 Å². The Hall–Kier alpha value is -5.76. The van der Waals surface area contributed by atoms with Gasteiger partial charge in [-0.3, -0.25) is 0 Å². The molecule has 0 heterocycles. The third-order valence-corrected chi connectivity index (χ3v) is 6.52. The van der Waals surface area contributed by atoms with Gasteiger partial charge in [-0.05, 0) is 0 Å². The third-order valence-electron chi connectivity index (χ3n) is 6.52. The number of hydrogen-bond acceptors (Lipinski definition) is 3. The predicted octanol–water partition coefficient (Wildman–Crippen LogP) is 7.87. The Kier molecular flexibility index (Phi) is 8.63. The summed E-state index contributed by atoms with van der Waals surface area (Å²) in [6, 6.07) is 0. The Bertz CT molecular complexity index is 1830. The molecule has 0 aliphatic rings. The zero-order valence-electron chi connectivity index (χ0n) is 21.7. The molecule has 0 bridgehead atoms. The first-order valence-electron chi connectivity index (χ1n) is 11.6. The van der Waals surface area contributed by atoms with Crippen molar-refractivity contribution in [2.45, 2.75) is 0 Å². The van der Waals surface area contributed by atoms with Crippen molar-refractivity contribution in [3.63, 3.8) is 0 Å². The molecule has 0 unspecified atom stereocenters. The van der Waals surface area contributed by atoms with Crippen LogP contribution in [0.2, 0.25) is 0 Å². The molecule has 4 aromatic carbocycles. The molecule has 0 saturated heterocycles. The van der Waals surface area contributed by atoms with Gasteiger partial charge in [0.15, 0.2) is 69.8 Å². The molecule has 0 aliphatic heterocycles. The normalized spacial score (nSPS) is 11.3. The summed E-state index contributed by atoms with van der Waals surface area (Å²) in [6.07, 6.45) is 0. The minimum atomic E-state index is -3.19. The Morgan fingerprint density at radius 2 is 0.375 bits per heavy atom. The summed E-state index contributed by atoms with van der Waals surface area (Å²) in [5.41, 5.74) is -24.7. The number of carboxylic acids is 3. The van der Waals surface area contributed by atoms with Gasteiger partial charge in [-0.2, -0.15) is 0 Å². The predicted molar refractivity (Wildman–Crippen MR) is 123 cm³/mol. The van der Waals surface area contributed by atoms with Crippen molar-refractivity contribution in [2.75, 3.05) is 0 Å². The van der Waals surface area contributed by atoms with E-state index in [1.807, 2.05) is 0 Å². The van der Waals surface area contributed by atoms with Crippen LogP contribution in [0.25, 0.3) is 33.4 Å². The highest BCUT2D eigenvalue weighted by atomic mass is 19.2. The summed E-state index contributed by atoms with van der Waals surface area (Å²) in [5.74, 6) is -56.6. The molecule has 21 heteroatoms. The number of halogens is 15. The summed E-state index contributed by atoms with van der Waals surface area (Å²) in [5, 5.41) is 29.7. The van der Waals surface area contributed by atoms with E-state index in [0.717, 1.165) is 0 Å². The molecular weight excluding hydrogens is 705 g/mol. The molecule has 0 aromatic heterocycles. The maximum atomic E-state index is 15.1. The molecule has 0 amide bonds. The van der Waals surface area contributed by atoms with Gasteiger partial charge < -0.3 is 15.3 Å². The lowest BCUT2D eigenvalue weighted by Crippen LogP contribution is -2.21. The van der Waals surface area contributed by atoms with Gasteiger partial charge in [0.1, 0.15) is 0 Å². The second-order valence-electron chi connectivity index (χ2n) is 9.00. The Morgan fingerprint density at radius 3 is 0.500 bits per heavy atom. The van der Waals surface area contributed by atoms with E-state index in [2.05, 4.69) is 0 Å². The van der Waals surface area contributed by atoms with Gasteiger partial charge >= 0.3 is 17.9 Å². The molecule has 0 fully saturated rings. The highest BCUT2D eigenvalue weighted by Gasteiger charge is 2.43. The summed E-state index contributed by atoms with van der Waals surface area (Å²) >= 11 is 0. The quantitative estimate of drug-likeness (QED) is 0.107. The van der Waals surface area contributed by atoms with E-state index in [4.69, 9.17) is 0 Å². The fourth-order valence-corrected chi connectivity index (χ4v) is 4.61. The number of carboxylic acid groups (broad SMARTS) is 3. The summed E-state index contributed by atoms with van der Waals surface area (Å²) in [6.45, 7) is 0. The maximum absolute atomic E-state index is 15.1. The van der Waals surface area contributed by atoms with Crippen LogP contribution in [0, 0.1) is 87.3 Å². The minimum absolute atomic E-state index is 2.69. The van der Waals surface area contributed by atoms with Gasteiger partial charge in [0.05, 0.1) is 33.4 Å². The maximum Gasteiger partial charge on any atom is 0.337 e. The van der Waals surface area contributed by atoms with Crippen LogP contribution < -0.4 is 0 Å². The number of rotatable bonds is 6. The van der Waals surface area contributed by atoms with E-state index in [1.54, 1.807) is 0 Å². The Balaban J connectivity index is 2.66. The summed E-state index contributed by atoms with van der Waals surface area (Å²) < 4.78 is 218. The third kappa shape index (κ3) is 4.75. The molecule has 0 radical (unpaired) electrons. The van der Waals surface area contributed by atoms with Gasteiger partial charge in [0, 0.05) is 16.7 Å². The smallest absolute Gasteiger partial charge is 0.337 e. The molecule has 4 rings (SSSR count). The molecule has 0 aliphatic carbocycles. The molecule has 3 N–H and O–H groups in total. The van der Waals surface area contributed by atoms with Gasteiger partial charge in [0.2, 0.25) is 17.5 Å². The van der Waals surface area contributed by atoms with E-state index in [-0.39, 0.29) is 0 Å². The van der Waals surface area contributed by atoms with E-state index in [1.165, 1.54) is 0 Å². The van der Waals surface area contributed by atoms with Crippen molar-refractivity contribution < 1.29 is 95.6 Å². The van der Waals surface area contributed by atoms with Crippen molar-refractivity contribution in [3.05, 3.63) is 104 Å².